The summed E-state index contributed by atoms with van der Waals surface area (Å²) in [5, 5.41) is 0. The van der Waals surface area contributed by atoms with Crippen molar-refractivity contribution in [3.05, 3.63) is 35.4 Å². The van der Waals surface area contributed by atoms with Crippen LogP contribution in [0.2, 0.25) is 0 Å². The Morgan fingerprint density at radius 1 is 1.29 bits per heavy atom. The van der Waals surface area contributed by atoms with Crippen LogP contribution >= 0.6 is 0 Å². The van der Waals surface area contributed by atoms with E-state index in [1.165, 1.54) is 12.1 Å². The highest BCUT2D eigenvalue weighted by Crippen LogP contribution is 2.30. The maximum Gasteiger partial charge on any atom is 0.227 e. The molecule has 114 valence electrons. The molecule has 2 aliphatic rings. The summed E-state index contributed by atoms with van der Waals surface area (Å²) >= 11 is 0. The van der Waals surface area contributed by atoms with Gasteiger partial charge in [0.15, 0.2) is 17.4 Å². The summed E-state index contributed by atoms with van der Waals surface area (Å²) in [5.74, 6) is -2.82. The first-order valence-electron chi connectivity index (χ1n) is 7.08. The van der Waals surface area contributed by atoms with E-state index in [1.807, 2.05) is 0 Å². The molecule has 4 nitrogen and oxygen atoms in total. The molecule has 2 saturated heterocycles. The lowest BCUT2D eigenvalue weighted by Crippen LogP contribution is -2.51. The molecular weight excluding hydrogens is 280 g/mol. The third kappa shape index (κ3) is 2.91. The summed E-state index contributed by atoms with van der Waals surface area (Å²) in [6.45, 7) is 1.99. The normalized spacial score (nSPS) is 21.0. The molecule has 0 aliphatic carbocycles. The first-order chi connectivity index (χ1) is 10.1. The van der Waals surface area contributed by atoms with Crippen molar-refractivity contribution in [2.45, 2.75) is 25.0 Å². The standard InChI is InChI=1S/C15H17F2NO3/c16-12-4-1-3-11(14(12)17)9-13(19)18-6-2-5-15(10-18)20-7-8-21-15/h1,3-4H,2,5-10H2. The number of ether oxygens (including phenoxy) is 2. The van der Waals surface area contributed by atoms with Crippen LogP contribution in [0.3, 0.4) is 0 Å². The van der Waals surface area contributed by atoms with Crippen molar-refractivity contribution < 1.29 is 23.0 Å². The second-order valence-electron chi connectivity index (χ2n) is 5.42. The van der Waals surface area contributed by atoms with E-state index in [-0.39, 0.29) is 17.9 Å². The fourth-order valence-corrected chi connectivity index (χ4v) is 2.89. The lowest BCUT2D eigenvalue weighted by molar-refractivity contribution is -0.192. The largest absolute Gasteiger partial charge is 0.346 e. The lowest BCUT2D eigenvalue weighted by Gasteiger charge is -2.38. The molecule has 1 spiro atoms. The molecule has 0 aromatic heterocycles. The maximum absolute atomic E-state index is 13.6. The number of benzene rings is 1. The van der Waals surface area contributed by atoms with Gasteiger partial charge in [0.2, 0.25) is 5.91 Å². The Labute approximate surface area is 121 Å². The van der Waals surface area contributed by atoms with E-state index in [2.05, 4.69) is 0 Å². The number of hydrogen-bond acceptors (Lipinski definition) is 3. The fourth-order valence-electron chi connectivity index (χ4n) is 2.89. The summed E-state index contributed by atoms with van der Waals surface area (Å²) in [5.41, 5.74) is 0.0767. The zero-order valence-electron chi connectivity index (χ0n) is 11.6. The molecule has 2 heterocycles. The van der Waals surface area contributed by atoms with E-state index in [4.69, 9.17) is 9.47 Å². The average Bonchev–Trinajstić information content (AvgIpc) is 2.92. The van der Waals surface area contributed by atoms with Gasteiger partial charge in [0.05, 0.1) is 26.2 Å². The van der Waals surface area contributed by atoms with Crippen molar-refractivity contribution in [1.82, 2.24) is 4.90 Å². The Kier molecular flexibility index (Phi) is 3.91. The van der Waals surface area contributed by atoms with Crippen molar-refractivity contribution in [2.24, 2.45) is 0 Å². The monoisotopic (exact) mass is 297 g/mol. The summed E-state index contributed by atoms with van der Waals surface area (Å²) in [6, 6.07) is 3.87. The van der Waals surface area contributed by atoms with Crippen LogP contribution in [0, 0.1) is 11.6 Å². The molecule has 0 saturated carbocycles. The van der Waals surface area contributed by atoms with Gasteiger partial charge in [-0.3, -0.25) is 4.79 Å². The Morgan fingerprint density at radius 3 is 2.81 bits per heavy atom. The van der Waals surface area contributed by atoms with E-state index in [0.29, 0.717) is 26.3 Å². The molecule has 2 fully saturated rings. The lowest BCUT2D eigenvalue weighted by atomic mass is 10.0. The second kappa shape index (κ2) is 5.69. The van der Waals surface area contributed by atoms with E-state index < -0.39 is 17.4 Å². The Hall–Kier alpha value is -1.53. The van der Waals surface area contributed by atoms with Crippen LogP contribution in [0.1, 0.15) is 18.4 Å². The predicted molar refractivity (Wildman–Crippen MR) is 70.5 cm³/mol. The fraction of sp³-hybridized carbons (Fsp3) is 0.533. The van der Waals surface area contributed by atoms with Gasteiger partial charge in [-0.05, 0) is 12.5 Å². The molecule has 1 aromatic rings. The molecular formula is C15H17F2NO3. The first-order valence-corrected chi connectivity index (χ1v) is 7.08. The van der Waals surface area contributed by atoms with E-state index in [9.17, 15) is 13.6 Å². The van der Waals surface area contributed by atoms with Gasteiger partial charge in [0, 0.05) is 18.5 Å². The molecule has 0 N–H and O–H groups in total. The van der Waals surface area contributed by atoms with Crippen molar-refractivity contribution in [3.63, 3.8) is 0 Å². The van der Waals surface area contributed by atoms with Crippen molar-refractivity contribution >= 4 is 5.91 Å². The molecule has 21 heavy (non-hydrogen) atoms. The topological polar surface area (TPSA) is 38.8 Å². The molecule has 2 aliphatic heterocycles. The number of hydrogen-bond donors (Lipinski definition) is 0. The van der Waals surface area contributed by atoms with Crippen molar-refractivity contribution in [2.75, 3.05) is 26.3 Å². The summed E-state index contributed by atoms with van der Waals surface area (Å²) < 4.78 is 38.0. The van der Waals surface area contributed by atoms with Crippen LogP contribution in [0.25, 0.3) is 0 Å². The molecule has 0 atom stereocenters. The molecule has 1 amide bonds. The maximum atomic E-state index is 13.6. The third-order valence-corrected chi connectivity index (χ3v) is 3.96. The Balaban J connectivity index is 1.69. The quantitative estimate of drug-likeness (QED) is 0.836. The Morgan fingerprint density at radius 2 is 2.05 bits per heavy atom. The number of rotatable bonds is 2. The number of nitrogens with zero attached hydrogens (tertiary/aromatic N) is 1. The minimum atomic E-state index is -0.953. The average molecular weight is 297 g/mol. The highest BCUT2D eigenvalue weighted by molar-refractivity contribution is 5.79. The first kappa shape index (κ1) is 14.4. The van der Waals surface area contributed by atoms with Crippen molar-refractivity contribution in [1.29, 1.82) is 0 Å². The number of carbonyl (C=O) groups is 1. The van der Waals surface area contributed by atoms with Crippen LogP contribution in [-0.4, -0.2) is 42.9 Å². The number of carbonyl (C=O) groups excluding carboxylic acids is 1. The van der Waals surface area contributed by atoms with Gasteiger partial charge in [-0.2, -0.15) is 0 Å². The molecule has 3 rings (SSSR count). The SMILES string of the molecule is O=C(Cc1cccc(F)c1F)N1CCCC2(C1)OCCO2. The summed E-state index contributed by atoms with van der Waals surface area (Å²) in [4.78, 5) is 13.9. The van der Waals surface area contributed by atoms with Crippen LogP contribution in [0.4, 0.5) is 8.78 Å². The molecule has 6 heteroatoms. The predicted octanol–water partition coefficient (Wildman–Crippen LogP) is 1.87. The van der Waals surface area contributed by atoms with Crippen molar-refractivity contribution in [3.8, 4) is 0 Å². The minimum Gasteiger partial charge on any atom is -0.346 e. The van der Waals surface area contributed by atoms with Gasteiger partial charge >= 0.3 is 0 Å². The zero-order valence-corrected chi connectivity index (χ0v) is 11.6. The van der Waals surface area contributed by atoms with Gasteiger partial charge in [0.1, 0.15) is 0 Å². The molecule has 0 unspecified atom stereocenters. The smallest absolute Gasteiger partial charge is 0.227 e. The molecule has 0 radical (unpaired) electrons. The number of likely N-dealkylation sites (tertiary alicyclic amines) is 1. The van der Waals surface area contributed by atoms with E-state index in [0.717, 1.165) is 18.9 Å². The van der Waals surface area contributed by atoms with Gasteiger partial charge in [-0.15, -0.1) is 0 Å². The highest BCUT2D eigenvalue weighted by Gasteiger charge is 2.42. The Bertz CT molecular complexity index is 544. The summed E-state index contributed by atoms with van der Waals surface area (Å²) in [6.07, 6.45) is 1.38. The summed E-state index contributed by atoms with van der Waals surface area (Å²) in [7, 11) is 0. The molecule has 1 aromatic carbocycles. The van der Waals surface area contributed by atoms with E-state index >= 15 is 0 Å². The van der Waals surface area contributed by atoms with Gasteiger partial charge in [0.25, 0.3) is 0 Å². The number of piperidine rings is 1. The third-order valence-electron chi connectivity index (χ3n) is 3.96. The highest BCUT2D eigenvalue weighted by atomic mass is 19.2. The van der Waals surface area contributed by atoms with Crippen LogP contribution in [-0.2, 0) is 20.7 Å². The van der Waals surface area contributed by atoms with E-state index in [1.54, 1.807) is 4.90 Å². The minimum absolute atomic E-state index is 0.0767. The van der Waals surface area contributed by atoms with Gasteiger partial charge < -0.3 is 14.4 Å². The van der Waals surface area contributed by atoms with Crippen LogP contribution in [0.5, 0.6) is 0 Å². The second-order valence-corrected chi connectivity index (χ2v) is 5.42. The van der Waals surface area contributed by atoms with Crippen LogP contribution < -0.4 is 0 Å². The van der Waals surface area contributed by atoms with Gasteiger partial charge in [-0.1, -0.05) is 12.1 Å². The zero-order chi connectivity index (χ0) is 14.9. The van der Waals surface area contributed by atoms with Gasteiger partial charge in [-0.25, -0.2) is 8.78 Å². The van der Waals surface area contributed by atoms with Crippen LogP contribution in [0.15, 0.2) is 18.2 Å². The number of halogens is 2. The molecule has 0 bridgehead atoms. The number of amides is 1.